The molecule has 0 fully saturated rings. The van der Waals surface area contributed by atoms with Gasteiger partial charge < -0.3 is 10.5 Å². The van der Waals surface area contributed by atoms with Crippen molar-refractivity contribution in [1.29, 1.82) is 0 Å². The molecule has 16 heavy (non-hydrogen) atoms. The van der Waals surface area contributed by atoms with E-state index in [0.29, 0.717) is 11.4 Å². The zero-order chi connectivity index (χ0) is 11.5. The highest BCUT2D eigenvalue weighted by molar-refractivity contribution is 5.29. The van der Waals surface area contributed by atoms with Crippen molar-refractivity contribution in [2.45, 2.75) is 13.5 Å². The number of ether oxygens (including phenoxy) is 1. The molecule has 2 rings (SSSR count). The molecular formula is C10H11FN4O. The van der Waals surface area contributed by atoms with Crippen LogP contribution < -0.4 is 10.5 Å². The van der Waals surface area contributed by atoms with Crippen LogP contribution in [0, 0.1) is 12.7 Å². The monoisotopic (exact) mass is 222 g/mol. The summed E-state index contributed by atoms with van der Waals surface area (Å²) in [5, 5.41) is 6.62. The number of H-pyrrole nitrogens is 1. The van der Waals surface area contributed by atoms with Crippen LogP contribution in [0.15, 0.2) is 18.3 Å². The number of hydrogen-bond donors (Lipinski definition) is 2. The molecule has 6 heteroatoms. The van der Waals surface area contributed by atoms with E-state index in [2.05, 4.69) is 15.2 Å². The van der Waals surface area contributed by atoms with Crippen molar-refractivity contribution < 1.29 is 9.13 Å². The van der Waals surface area contributed by atoms with Gasteiger partial charge in [0.2, 0.25) is 11.8 Å². The van der Waals surface area contributed by atoms with E-state index >= 15 is 0 Å². The van der Waals surface area contributed by atoms with Crippen LogP contribution in [0.3, 0.4) is 0 Å². The fourth-order valence-corrected chi connectivity index (χ4v) is 1.25. The third-order valence-electron chi connectivity index (χ3n) is 2.00. The van der Waals surface area contributed by atoms with Crippen LogP contribution in [0.2, 0.25) is 0 Å². The summed E-state index contributed by atoms with van der Waals surface area (Å²) >= 11 is 0. The lowest BCUT2D eigenvalue weighted by molar-refractivity contribution is 0.434. The molecule has 0 atom stereocenters. The largest absolute Gasteiger partial charge is 0.419 e. The average Bonchev–Trinajstić information content (AvgIpc) is 2.67. The molecule has 0 aliphatic carbocycles. The molecule has 2 aromatic rings. The number of nitrogens with two attached hydrogens (primary N) is 1. The van der Waals surface area contributed by atoms with Crippen molar-refractivity contribution in [2.24, 2.45) is 5.73 Å². The summed E-state index contributed by atoms with van der Waals surface area (Å²) in [7, 11) is 0. The van der Waals surface area contributed by atoms with E-state index in [-0.39, 0.29) is 12.4 Å². The summed E-state index contributed by atoms with van der Waals surface area (Å²) in [4.78, 5) is 3.82. The van der Waals surface area contributed by atoms with Crippen LogP contribution in [-0.4, -0.2) is 15.2 Å². The summed E-state index contributed by atoms with van der Waals surface area (Å²) in [5.74, 6) is 0.215. The van der Waals surface area contributed by atoms with Crippen molar-refractivity contribution in [2.75, 3.05) is 0 Å². The molecule has 0 saturated carbocycles. The number of aromatic amines is 1. The minimum atomic E-state index is -0.439. The number of halogens is 1. The molecule has 0 saturated heterocycles. The number of aromatic nitrogens is 3. The SMILES string of the molecule is Cc1cc(Oc2ncc(F)cc2CN)n[nH]1. The molecule has 0 aliphatic rings. The summed E-state index contributed by atoms with van der Waals surface area (Å²) < 4.78 is 18.3. The highest BCUT2D eigenvalue weighted by Gasteiger charge is 2.08. The van der Waals surface area contributed by atoms with Gasteiger partial charge in [-0.1, -0.05) is 0 Å². The predicted octanol–water partition coefficient (Wildman–Crippen LogP) is 1.50. The van der Waals surface area contributed by atoms with Crippen LogP contribution in [0.5, 0.6) is 11.8 Å². The standard InChI is InChI=1S/C10H11FN4O/c1-6-2-9(15-14-6)16-10-7(4-12)3-8(11)5-13-10/h2-3,5H,4,12H2,1H3,(H,14,15). The van der Waals surface area contributed by atoms with Gasteiger partial charge >= 0.3 is 0 Å². The first kappa shape index (κ1) is 10.6. The molecule has 3 N–H and O–H groups in total. The molecule has 0 unspecified atom stereocenters. The first-order valence-electron chi connectivity index (χ1n) is 4.73. The van der Waals surface area contributed by atoms with E-state index in [0.717, 1.165) is 11.9 Å². The van der Waals surface area contributed by atoms with Gasteiger partial charge in [0.15, 0.2) is 0 Å². The van der Waals surface area contributed by atoms with Crippen molar-refractivity contribution >= 4 is 0 Å². The molecule has 0 aromatic carbocycles. The van der Waals surface area contributed by atoms with Gasteiger partial charge in [0.05, 0.1) is 6.20 Å². The smallest absolute Gasteiger partial charge is 0.240 e. The van der Waals surface area contributed by atoms with Crippen LogP contribution in [0.4, 0.5) is 4.39 Å². The number of aryl methyl sites for hydroxylation is 1. The van der Waals surface area contributed by atoms with Crippen molar-refractivity contribution in [3.05, 3.63) is 35.4 Å². The van der Waals surface area contributed by atoms with E-state index in [1.165, 1.54) is 6.07 Å². The first-order valence-corrected chi connectivity index (χ1v) is 4.73. The number of rotatable bonds is 3. The Kier molecular flexibility index (Phi) is 2.82. The quantitative estimate of drug-likeness (QED) is 0.825. The molecular weight excluding hydrogens is 211 g/mol. The average molecular weight is 222 g/mol. The van der Waals surface area contributed by atoms with E-state index in [4.69, 9.17) is 10.5 Å². The molecule has 0 bridgehead atoms. The summed E-state index contributed by atoms with van der Waals surface area (Å²) in [6, 6.07) is 3.01. The number of pyridine rings is 1. The predicted molar refractivity (Wildman–Crippen MR) is 55.5 cm³/mol. The maximum Gasteiger partial charge on any atom is 0.240 e. The third-order valence-corrected chi connectivity index (χ3v) is 2.00. The van der Waals surface area contributed by atoms with Crippen LogP contribution >= 0.6 is 0 Å². The minimum absolute atomic E-state index is 0.156. The Balaban J connectivity index is 2.27. The lowest BCUT2D eigenvalue weighted by Crippen LogP contribution is -2.02. The molecule has 2 heterocycles. The second-order valence-corrected chi connectivity index (χ2v) is 3.31. The van der Waals surface area contributed by atoms with Gasteiger partial charge in [-0.05, 0) is 13.0 Å². The maximum atomic E-state index is 12.9. The van der Waals surface area contributed by atoms with Gasteiger partial charge in [-0.25, -0.2) is 9.37 Å². The highest BCUT2D eigenvalue weighted by Crippen LogP contribution is 2.21. The van der Waals surface area contributed by atoms with Gasteiger partial charge in [-0.3, -0.25) is 5.10 Å². The third kappa shape index (κ3) is 2.17. The second kappa shape index (κ2) is 4.28. The summed E-state index contributed by atoms with van der Waals surface area (Å²) in [6.45, 7) is 2.01. The number of nitrogens with zero attached hydrogens (tertiary/aromatic N) is 2. The van der Waals surface area contributed by atoms with Gasteiger partial charge in [-0.2, -0.15) is 0 Å². The van der Waals surface area contributed by atoms with Crippen molar-refractivity contribution in [3.63, 3.8) is 0 Å². The molecule has 0 spiro atoms. The van der Waals surface area contributed by atoms with Gasteiger partial charge in [0.1, 0.15) is 5.82 Å². The first-order chi connectivity index (χ1) is 7.69. The number of hydrogen-bond acceptors (Lipinski definition) is 4. The fraction of sp³-hybridized carbons (Fsp3) is 0.200. The molecule has 84 valence electrons. The van der Waals surface area contributed by atoms with Crippen molar-refractivity contribution in [3.8, 4) is 11.8 Å². The Morgan fingerprint density at radius 3 is 2.94 bits per heavy atom. The van der Waals surface area contributed by atoms with Crippen LogP contribution in [0.1, 0.15) is 11.3 Å². The molecule has 0 amide bonds. The minimum Gasteiger partial charge on any atom is -0.419 e. The number of nitrogens with one attached hydrogen (secondary N) is 1. The van der Waals surface area contributed by atoms with E-state index in [1.807, 2.05) is 6.92 Å². The van der Waals surface area contributed by atoms with E-state index in [1.54, 1.807) is 6.07 Å². The van der Waals surface area contributed by atoms with E-state index < -0.39 is 5.82 Å². The Hall–Kier alpha value is -1.95. The maximum absolute atomic E-state index is 12.9. The zero-order valence-electron chi connectivity index (χ0n) is 8.70. The fourth-order valence-electron chi connectivity index (χ4n) is 1.25. The van der Waals surface area contributed by atoms with Gasteiger partial charge in [-0.15, -0.1) is 5.10 Å². The highest BCUT2D eigenvalue weighted by atomic mass is 19.1. The zero-order valence-corrected chi connectivity index (χ0v) is 8.70. The Morgan fingerprint density at radius 1 is 1.50 bits per heavy atom. The lowest BCUT2D eigenvalue weighted by Gasteiger charge is -2.05. The Labute approximate surface area is 91.5 Å². The topological polar surface area (TPSA) is 76.8 Å². The molecule has 5 nitrogen and oxygen atoms in total. The van der Waals surface area contributed by atoms with Crippen molar-refractivity contribution in [1.82, 2.24) is 15.2 Å². The lowest BCUT2D eigenvalue weighted by atomic mass is 10.3. The molecule has 2 aromatic heterocycles. The summed E-state index contributed by atoms with van der Waals surface area (Å²) in [5.41, 5.74) is 6.83. The van der Waals surface area contributed by atoms with Crippen LogP contribution in [0.25, 0.3) is 0 Å². The molecule has 0 aliphatic heterocycles. The van der Waals surface area contributed by atoms with E-state index in [9.17, 15) is 4.39 Å². The second-order valence-electron chi connectivity index (χ2n) is 3.31. The van der Waals surface area contributed by atoms with Crippen LogP contribution in [-0.2, 0) is 6.54 Å². The molecule has 0 radical (unpaired) electrons. The Bertz CT molecular complexity index is 497. The Morgan fingerprint density at radius 2 is 2.31 bits per heavy atom. The van der Waals surface area contributed by atoms with Gasteiger partial charge in [0, 0.05) is 23.9 Å². The van der Waals surface area contributed by atoms with Gasteiger partial charge in [0.25, 0.3) is 0 Å². The normalized spacial score (nSPS) is 10.4. The summed E-state index contributed by atoms with van der Waals surface area (Å²) in [6.07, 6.45) is 1.08.